The van der Waals surface area contributed by atoms with Crippen molar-refractivity contribution in [3.63, 3.8) is 0 Å². The van der Waals surface area contributed by atoms with Crippen LogP contribution in [0.15, 0.2) is 60.9 Å². The zero-order valence-corrected chi connectivity index (χ0v) is 15.5. The van der Waals surface area contributed by atoms with Gasteiger partial charge in [-0.15, -0.1) is 0 Å². The molecule has 0 aliphatic carbocycles. The van der Waals surface area contributed by atoms with Crippen molar-refractivity contribution in [2.75, 3.05) is 0 Å². The minimum atomic E-state index is -0.607. The second-order valence-electron chi connectivity index (χ2n) is 7.23. The van der Waals surface area contributed by atoms with Crippen LogP contribution in [0.1, 0.15) is 28.8 Å². The minimum absolute atomic E-state index is 0.171. The summed E-state index contributed by atoms with van der Waals surface area (Å²) in [4.78, 5) is 42.5. The van der Waals surface area contributed by atoms with Gasteiger partial charge >= 0.3 is 0 Å². The smallest absolute Gasteiger partial charge is 0.255 e. The number of carbonyl (C=O) groups excluding carboxylic acids is 3. The fourth-order valence-electron chi connectivity index (χ4n) is 4.02. The monoisotopic (exact) mass is 386 g/mol. The number of nitrogens with zero attached hydrogens (tertiary/aromatic N) is 3. The van der Waals surface area contributed by atoms with E-state index in [9.17, 15) is 14.4 Å². The Morgan fingerprint density at radius 1 is 1.03 bits per heavy atom. The predicted molar refractivity (Wildman–Crippen MR) is 105 cm³/mol. The maximum atomic E-state index is 12.9. The van der Waals surface area contributed by atoms with Crippen LogP contribution in [0.2, 0.25) is 0 Å². The molecule has 7 nitrogen and oxygen atoms in total. The van der Waals surface area contributed by atoms with E-state index in [1.165, 1.54) is 0 Å². The fraction of sp³-hybridized carbons (Fsp3) is 0.182. The van der Waals surface area contributed by atoms with E-state index < -0.39 is 11.9 Å². The predicted octanol–water partition coefficient (Wildman–Crippen LogP) is 2.30. The number of benzene rings is 2. The molecule has 1 fully saturated rings. The summed E-state index contributed by atoms with van der Waals surface area (Å²) in [6, 6.07) is 14.9. The van der Waals surface area contributed by atoms with Gasteiger partial charge in [-0.25, -0.2) is 4.98 Å². The lowest BCUT2D eigenvalue weighted by molar-refractivity contribution is -0.136. The van der Waals surface area contributed by atoms with Crippen LogP contribution >= 0.6 is 0 Å². The lowest BCUT2D eigenvalue weighted by Gasteiger charge is -2.29. The summed E-state index contributed by atoms with van der Waals surface area (Å²) in [5, 5.41) is 2.33. The van der Waals surface area contributed by atoms with Gasteiger partial charge in [-0.2, -0.15) is 0 Å². The Bertz CT molecular complexity index is 1140. The van der Waals surface area contributed by atoms with E-state index in [-0.39, 0.29) is 18.2 Å². The van der Waals surface area contributed by atoms with Gasteiger partial charge in [0, 0.05) is 42.2 Å². The topological polar surface area (TPSA) is 84.3 Å². The Kier molecular flexibility index (Phi) is 4.01. The number of fused-ring (bicyclic) bond motifs is 1. The quantitative estimate of drug-likeness (QED) is 0.700. The number of aromatic nitrogens is 2. The van der Waals surface area contributed by atoms with Crippen molar-refractivity contribution in [2.45, 2.75) is 25.4 Å². The number of amides is 3. The molecule has 0 spiro atoms. The molecule has 144 valence electrons. The molecule has 3 aromatic rings. The van der Waals surface area contributed by atoms with Crippen LogP contribution in [0.3, 0.4) is 0 Å². The van der Waals surface area contributed by atoms with Gasteiger partial charge in [-0.05, 0) is 30.2 Å². The molecule has 1 saturated heterocycles. The van der Waals surface area contributed by atoms with E-state index in [1.807, 2.05) is 53.2 Å². The first-order valence-electron chi connectivity index (χ1n) is 9.48. The van der Waals surface area contributed by atoms with E-state index in [0.717, 1.165) is 22.6 Å². The summed E-state index contributed by atoms with van der Waals surface area (Å²) in [5.74, 6) is -0.0401. The number of piperidine rings is 1. The van der Waals surface area contributed by atoms with Crippen LogP contribution in [0.25, 0.3) is 17.1 Å². The number of imide groups is 1. The maximum absolute atomic E-state index is 12.9. The van der Waals surface area contributed by atoms with Crippen LogP contribution in [-0.4, -0.2) is 38.2 Å². The Hall–Kier alpha value is -3.74. The summed E-state index contributed by atoms with van der Waals surface area (Å²) in [6.07, 6.45) is 4.24. The first-order chi connectivity index (χ1) is 14.1. The molecule has 3 heterocycles. The van der Waals surface area contributed by atoms with E-state index in [2.05, 4.69) is 10.3 Å². The average molecular weight is 386 g/mol. The standard InChI is InChI=1S/C22H18N4O3/c27-19-9-8-18(21(28)24-19)26-13-15-12-16(6-7-17(15)22(26)29)25-11-10-23-20(25)14-4-2-1-3-5-14/h1-7,10-12,18H,8-9,13H2,(H,24,27,28). The molecule has 2 aliphatic heterocycles. The third-order valence-electron chi connectivity index (χ3n) is 5.46. The number of imidazole rings is 1. The highest BCUT2D eigenvalue weighted by Gasteiger charge is 2.39. The normalized spacial score (nSPS) is 18.7. The van der Waals surface area contributed by atoms with Crippen LogP contribution in [0.5, 0.6) is 0 Å². The lowest BCUT2D eigenvalue weighted by Crippen LogP contribution is -2.52. The van der Waals surface area contributed by atoms with Crippen molar-refractivity contribution >= 4 is 17.7 Å². The van der Waals surface area contributed by atoms with Crippen LogP contribution in [-0.2, 0) is 16.1 Å². The maximum Gasteiger partial charge on any atom is 0.255 e. The Balaban J connectivity index is 1.47. The third kappa shape index (κ3) is 2.91. The van der Waals surface area contributed by atoms with E-state index in [4.69, 9.17) is 0 Å². The SMILES string of the molecule is O=C1CCC(N2Cc3cc(-n4ccnc4-c4ccccc4)ccc3C2=O)C(=O)N1. The van der Waals surface area contributed by atoms with Crippen LogP contribution in [0.4, 0.5) is 0 Å². The van der Waals surface area contributed by atoms with Gasteiger partial charge in [0.05, 0.1) is 0 Å². The Morgan fingerprint density at radius 3 is 2.66 bits per heavy atom. The van der Waals surface area contributed by atoms with Gasteiger partial charge in [-0.1, -0.05) is 30.3 Å². The zero-order chi connectivity index (χ0) is 20.0. The number of rotatable bonds is 3. The molecular weight excluding hydrogens is 368 g/mol. The van der Waals surface area contributed by atoms with Crippen molar-refractivity contribution in [3.8, 4) is 17.1 Å². The van der Waals surface area contributed by atoms with Gasteiger partial charge < -0.3 is 4.90 Å². The molecule has 0 radical (unpaired) electrons. The Labute approximate surface area is 167 Å². The molecule has 1 unspecified atom stereocenters. The molecule has 2 aliphatic rings. The number of nitrogens with one attached hydrogen (secondary N) is 1. The second kappa shape index (κ2) is 6.70. The highest BCUT2D eigenvalue weighted by molar-refractivity contribution is 6.05. The van der Waals surface area contributed by atoms with Gasteiger partial charge in [0.15, 0.2) is 0 Å². The number of carbonyl (C=O) groups is 3. The van der Waals surface area contributed by atoms with Gasteiger partial charge in [0.2, 0.25) is 11.8 Å². The lowest BCUT2D eigenvalue weighted by atomic mass is 10.0. The molecule has 5 rings (SSSR count). The molecule has 3 amide bonds. The van der Waals surface area contributed by atoms with Crippen molar-refractivity contribution < 1.29 is 14.4 Å². The second-order valence-corrected chi connectivity index (χ2v) is 7.23. The summed E-state index contributed by atoms with van der Waals surface area (Å²) in [7, 11) is 0. The molecule has 2 aromatic carbocycles. The van der Waals surface area contributed by atoms with Crippen molar-refractivity contribution in [1.29, 1.82) is 0 Å². The van der Waals surface area contributed by atoms with Gasteiger partial charge in [-0.3, -0.25) is 24.3 Å². The largest absolute Gasteiger partial charge is 0.322 e. The van der Waals surface area contributed by atoms with Gasteiger partial charge in [0.25, 0.3) is 5.91 Å². The molecule has 1 atom stereocenters. The molecule has 29 heavy (non-hydrogen) atoms. The van der Waals surface area contributed by atoms with E-state index in [1.54, 1.807) is 17.2 Å². The highest BCUT2D eigenvalue weighted by Crippen LogP contribution is 2.30. The Morgan fingerprint density at radius 2 is 1.86 bits per heavy atom. The van der Waals surface area contributed by atoms with Crippen molar-refractivity contribution in [3.05, 3.63) is 72.1 Å². The first kappa shape index (κ1) is 17.4. The minimum Gasteiger partial charge on any atom is -0.322 e. The molecule has 1 aromatic heterocycles. The average Bonchev–Trinajstić information content (AvgIpc) is 3.34. The number of hydrogen-bond acceptors (Lipinski definition) is 4. The van der Waals surface area contributed by atoms with Crippen LogP contribution < -0.4 is 5.32 Å². The molecular formula is C22H18N4O3. The summed E-state index contributed by atoms with van der Waals surface area (Å²) in [5.41, 5.74) is 3.36. The molecule has 7 heteroatoms. The first-order valence-corrected chi connectivity index (χ1v) is 9.48. The van der Waals surface area contributed by atoms with Crippen molar-refractivity contribution in [2.24, 2.45) is 0 Å². The third-order valence-corrected chi connectivity index (χ3v) is 5.46. The van der Waals surface area contributed by atoms with Gasteiger partial charge in [0.1, 0.15) is 11.9 Å². The van der Waals surface area contributed by atoms with E-state index in [0.29, 0.717) is 18.5 Å². The van der Waals surface area contributed by atoms with E-state index >= 15 is 0 Å². The summed E-state index contributed by atoms with van der Waals surface area (Å²) >= 11 is 0. The zero-order valence-electron chi connectivity index (χ0n) is 15.5. The van der Waals surface area contributed by atoms with Crippen molar-refractivity contribution in [1.82, 2.24) is 19.8 Å². The molecule has 0 saturated carbocycles. The van der Waals surface area contributed by atoms with Crippen LogP contribution in [0, 0.1) is 0 Å². The molecule has 0 bridgehead atoms. The fourth-order valence-corrected chi connectivity index (χ4v) is 4.02. The summed E-state index contributed by atoms with van der Waals surface area (Å²) in [6.45, 7) is 0.351. The highest BCUT2D eigenvalue weighted by atomic mass is 16.2. The number of hydrogen-bond donors (Lipinski definition) is 1. The molecule has 1 N–H and O–H groups in total. The summed E-state index contributed by atoms with van der Waals surface area (Å²) < 4.78 is 1.98.